The van der Waals surface area contributed by atoms with E-state index in [9.17, 15) is 0 Å². The first-order valence-electron chi connectivity index (χ1n) is 14.6. The second-order valence-corrected chi connectivity index (χ2v) is 18.2. The summed E-state index contributed by atoms with van der Waals surface area (Å²) < 4.78 is 15.5. The van der Waals surface area contributed by atoms with E-state index in [1.54, 1.807) is 0 Å². The van der Waals surface area contributed by atoms with Crippen molar-refractivity contribution in [1.29, 1.82) is 0 Å². The van der Waals surface area contributed by atoms with Gasteiger partial charge < -0.3 is 4.74 Å². The molecule has 1 saturated heterocycles. The number of para-hydroxylation sites is 2. The maximum atomic E-state index is 4.94. The quantitative estimate of drug-likeness (QED) is 0.304. The molecule has 0 unspecified atom stereocenters. The summed E-state index contributed by atoms with van der Waals surface area (Å²) in [5.41, 5.74) is 6.04. The number of nitrogens with zero attached hydrogens (tertiary/aromatic N) is 5. The van der Waals surface area contributed by atoms with Gasteiger partial charge in [-0.1, -0.05) is 0 Å². The summed E-state index contributed by atoms with van der Waals surface area (Å²) in [6, 6.07) is 38.2. The van der Waals surface area contributed by atoms with Crippen molar-refractivity contribution in [2.45, 2.75) is 12.8 Å². The average Bonchev–Trinajstić information content (AvgIpc) is 3.85. The topological polar surface area (TPSA) is 28.3 Å². The van der Waals surface area contributed by atoms with E-state index in [1.807, 2.05) is 0 Å². The number of aromatic nitrogens is 2. The summed E-state index contributed by atoms with van der Waals surface area (Å²) in [6.07, 6.45) is 11.9. The second-order valence-electron chi connectivity index (χ2n) is 11.8. The Kier molecular flexibility index (Phi) is 4.78. The molecule has 4 aliphatic heterocycles. The molecule has 2 aromatic heterocycles. The van der Waals surface area contributed by atoms with Crippen LogP contribution in [0.4, 0.5) is 17.1 Å². The first kappa shape index (κ1) is 24.3. The summed E-state index contributed by atoms with van der Waals surface area (Å²) in [5.74, 6) is 0. The van der Waals surface area contributed by atoms with Crippen molar-refractivity contribution in [2.24, 2.45) is 0 Å². The van der Waals surface area contributed by atoms with E-state index in [1.165, 1.54) is 51.7 Å². The molecule has 206 valence electrons. The fourth-order valence-corrected chi connectivity index (χ4v) is 19.1. The van der Waals surface area contributed by atoms with Crippen LogP contribution in [0, 0.1) is 0 Å². The minimum absolute atomic E-state index is 1.00. The predicted octanol–water partition coefficient (Wildman–Crippen LogP) is 4.57. The van der Waals surface area contributed by atoms with Crippen LogP contribution in [-0.2, 0) is 4.74 Å². The molecule has 6 heterocycles. The van der Waals surface area contributed by atoms with Gasteiger partial charge in [0.15, 0.2) is 0 Å². The van der Waals surface area contributed by atoms with Crippen molar-refractivity contribution in [1.82, 2.24) is 8.47 Å². The first-order chi connectivity index (χ1) is 20.1. The summed E-state index contributed by atoms with van der Waals surface area (Å²) >= 11 is 0. The number of rotatable bonds is 3. The van der Waals surface area contributed by atoms with E-state index in [4.69, 9.17) is 4.74 Å². The van der Waals surface area contributed by atoms with Crippen LogP contribution in [0.5, 0.6) is 0 Å². The molecule has 7 heteroatoms. The fraction of sp³-hybridized carbons (Fsp3) is 0.176. The van der Waals surface area contributed by atoms with E-state index < -0.39 is 7.27 Å². The van der Waals surface area contributed by atoms with Gasteiger partial charge in [-0.05, 0) is 12.8 Å². The Bertz CT molecular complexity index is 1800. The summed E-state index contributed by atoms with van der Waals surface area (Å²) in [4.78, 5) is 2.17. The Morgan fingerprint density at radius 1 is 0.610 bits per heavy atom. The predicted molar refractivity (Wildman–Crippen MR) is 169 cm³/mol. The maximum absolute atomic E-state index is 4.94. The molecular weight excluding hydrogens is 522 g/mol. The minimum atomic E-state index is -4.88. The summed E-state index contributed by atoms with van der Waals surface area (Å²) in [6.45, 7) is 2.00. The molecule has 0 aliphatic carbocycles. The molecule has 1 spiro atoms. The van der Waals surface area contributed by atoms with Crippen LogP contribution in [-0.4, -0.2) is 64.0 Å². The van der Waals surface area contributed by atoms with Crippen molar-refractivity contribution in [3.05, 3.63) is 127 Å². The van der Waals surface area contributed by atoms with Crippen molar-refractivity contribution >= 4 is 47.1 Å². The van der Waals surface area contributed by atoms with Crippen molar-refractivity contribution in [3.8, 4) is 0 Å². The van der Waals surface area contributed by atoms with E-state index >= 15 is 0 Å². The molecule has 0 amide bonds. The van der Waals surface area contributed by atoms with Crippen LogP contribution in [0.25, 0.3) is 0 Å². The SMILES string of the molecule is C1CCOC1.CN(C)c1ccc([Si-2]234(c5ccccc5)n5cccc5C=[N+]2c2ccccc2[N+]3=Cc2cccn24)cc1. The van der Waals surface area contributed by atoms with Crippen LogP contribution >= 0.6 is 0 Å². The van der Waals surface area contributed by atoms with Crippen LogP contribution in [0.2, 0.25) is 0 Å². The zero-order valence-corrected chi connectivity index (χ0v) is 24.6. The molecule has 6 nitrogen and oxygen atoms in total. The number of benzene rings is 3. The van der Waals surface area contributed by atoms with E-state index in [2.05, 4.69) is 164 Å². The van der Waals surface area contributed by atoms with Crippen LogP contribution in [0.1, 0.15) is 24.2 Å². The van der Waals surface area contributed by atoms with Gasteiger partial charge in [-0.3, -0.25) is 0 Å². The van der Waals surface area contributed by atoms with Gasteiger partial charge in [0.2, 0.25) is 0 Å². The van der Waals surface area contributed by atoms with E-state index in [0.29, 0.717) is 0 Å². The Labute approximate surface area is 240 Å². The third-order valence-electron chi connectivity index (χ3n) is 10.0. The van der Waals surface area contributed by atoms with Crippen LogP contribution in [0.3, 0.4) is 0 Å². The van der Waals surface area contributed by atoms with Crippen LogP contribution in [0.15, 0.2) is 116 Å². The normalized spacial score (nSPS) is 20.7. The molecule has 0 N–H and O–H groups in total. The Morgan fingerprint density at radius 3 is 1.61 bits per heavy atom. The van der Waals surface area contributed by atoms with Gasteiger partial charge >= 0.3 is 210 Å². The van der Waals surface area contributed by atoms with E-state index in [-0.39, 0.29) is 0 Å². The molecule has 41 heavy (non-hydrogen) atoms. The summed E-state index contributed by atoms with van der Waals surface area (Å²) in [5, 5.41) is 2.58. The van der Waals surface area contributed by atoms with Gasteiger partial charge in [0.1, 0.15) is 0 Å². The van der Waals surface area contributed by atoms with Gasteiger partial charge in [0, 0.05) is 13.2 Å². The molecule has 9 rings (SSSR count). The molecule has 0 saturated carbocycles. The Balaban J connectivity index is 0.000000466. The monoisotopic (exact) mass is 557 g/mol. The van der Waals surface area contributed by atoms with Gasteiger partial charge in [-0.25, -0.2) is 0 Å². The number of ether oxygens (including phenoxy) is 1. The number of anilines is 1. The molecule has 3 aromatic carbocycles. The third kappa shape index (κ3) is 2.38. The molecule has 0 radical (unpaired) electrons. The molecule has 5 aromatic rings. The fourth-order valence-electron chi connectivity index (χ4n) is 8.54. The zero-order chi connectivity index (χ0) is 27.7. The number of hydrogen-bond acceptors (Lipinski definition) is 2. The standard InChI is InChI=1S/C30H27N5Si.C4H8O/c1-31(2)24-16-18-28(19-17-24)36(27-12-4-3-5-13-27)32-20-8-10-25(32)22-34(36)29-14-6-7-15-30(29)35(36)23-26-11-9-21-33(26)36;1-2-4-5-3-1/h3-23H,1-2H3;1-4H2. The van der Waals surface area contributed by atoms with Crippen molar-refractivity contribution in [2.75, 3.05) is 32.2 Å². The summed E-state index contributed by atoms with van der Waals surface area (Å²) in [7, 11) is -0.677. The second kappa shape index (κ2) is 8.06. The number of hydrogen-bond donors (Lipinski definition) is 0. The molecule has 0 bridgehead atoms. The van der Waals surface area contributed by atoms with E-state index in [0.717, 1.165) is 13.2 Å². The molecule has 1 fully saturated rings. The first-order valence-corrected chi connectivity index (χ1v) is 17.4. The zero-order valence-electron chi connectivity index (χ0n) is 23.6. The van der Waals surface area contributed by atoms with Gasteiger partial charge in [0.25, 0.3) is 0 Å². The van der Waals surface area contributed by atoms with Crippen molar-refractivity contribution in [3.63, 3.8) is 0 Å². The average molecular weight is 558 g/mol. The molecule has 0 atom stereocenters. The van der Waals surface area contributed by atoms with Gasteiger partial charge in [0.05, 0.1) is 0 Å². The third-order valence-corrected chi connectivity index (χ3v) is 19.4. The number of fused-ring (bicyclic) bond motifs is 5. The Hall–Kier alpha value is -4.46. The van der Waals surface area contributed by atoms with Gasteiger partial charge in [-0.15, -0.1) is 0 Å². The van der Waals surface area contributed by atoms with Gasteiger partial charge in [-0.2, -0.15) is 0 Å². The van der Waals surface area contributed by atoms with Crippen molar-refractivity contribution < 1.29 is 13.2 Å². The molecule has 4 aliphatic rings. The van der Waals surface area contributed by atoms with Crippen LogP contribution < -0.4 is 15.3 Å². The Morgan fingerprint density at radius 2 is 1.12 bits per heavy atom. The molecular formula is C34H35N5OSi.